The van der Waals surface area contributed by atoms with Gasteiger partial charge in [-0.1, -0.05) is 28.1 Å². The van der Waals surface area contributed by atoms with Gasteiger partial charge >= 0.3 is 0 Å². The van der Waals surface area contributed by atoms with Gasteiger partial charge in [0.2, 0.25) is 5.91 Å². The summed E-state index contributed by atoms with van der Waals surface area (Å²) in [5.74, 6) is -0.268. The number of rotatable bonds is 3. The molecule has 0 saturated carbocycles. The van der Waals surface area contributed by atoms with E-state index >= 15 is 0 Å². The summed E-state index contributed by atoms with van der Waals surface area (Å²) in [6, 6.07) is 7.39. The molecular weight excluding hydrogens is 356 g/mol. The van der Waals surface area contributed by atoms with Gasteiger partial charge in [-0.05, 0) is 31.5 Å². The zero-order chi connectivity index (χ0) is 14.9. The van der Waals surface area contributed by atoms with Crippen molar-refractivity contribution in [1.82, 2.24) is 9.78 Å². The fourth-order valence-corrected chi connectivity index (χ4v) is 2.07. The summed E-state index contributed by atoms with van der Waals surface area (Å²) in [5.41, 5.74) is 7.38. The number of carbonyl (C=O) groups is 1. The second kappa shape index (κ2) is 6.60. The highest BCUT2D eigenvalue weighted by Gasteiger charge is 2.31. The van der Waals surface area contributed by atoms with E-state index in [-0.39, 0.29) is 18.3 Å². The zero-order valence-corrected chi connectivity index (χ0v) is 14.5. The number of hydrogen-bond donors (Lipinski definition) is 2. The number of hydrogen-bond acceptors (Lipinski definition) is 3. The van der Waals surface area contributed by atoms with Gasteiger partial charge in [-0.15, -0.1) is 12.4 Å². The highest BCUT2D eigenvalue weighted by molar-refractivity contribution is 9.10. The van der Waals surface area contributed by atoms with Crippen LogP contribution in [0.1, 0.15) is 18.2 Å². The predicted molar refractivity (Wildman–Crippen MR) is 89.5 cm³/mol. The van der Waals surface area contributed by atoms with E-state index in [1.165, 1.54) is 0 Å². The first-order chi connectivity index (χ1) is 9.32. The molecule has 1 amide bonds. The van der Waals surface area contributed by atoms with Crippen molar-refractivity contribution in [3.63, 3.8) is 0 Å². The van der Waals surface area contributed by atoms with Crippen LogP contribution in [-0.2, 0) is 17.4 Å². The lowest BCUT2D eigenvalue weighted by atomic mass is 9.92. The van der Waals surface area contributed by atoms with Gasteiger partial charge in [-0.3, -0.25) is 9.48 Å². The number of aryl methyl sites for hydroxylation is 1. The van der Waals surface area contributed by atoms with Gasteiger partial charge in [0.1, 0.15) is 5.54 Å². The molecule has 1 atom stereocenters. The molecule has 2 rings (SSSR count). The Morgan fingerprint density at radius 3 is 2.43 bits per heavy atom. The molecule has 2 aromatic rings. The Hall–Kier alpha value is -1.37. The third-order valence-electron chi connectivity index (χ3n) is 3.40. The molecule has 0 radical (unpaired) electrons. The van der Waals surface area contributed by atoms with Crippen LogP contribution in [0.4, 0.5) is 5.69 Å². The first-order valence-electron chi connectivity index (χ1n) is 6.17. The number of benzene rings is 1. The van der Waals surface area contributed by atoms with Gasteiger partial charge in [-0.25, -0.2) is 0 Å². The minimum Gasteiger partial charge on any atom is -0.321 e. The summed E-state index contributed by atoms with van der Waals surface area (Å²) in [6.07, 6.45) is 1.62. The molecule has 5 nitrogen and oxygen atoms in total. The maximum atomic E-state index is 12.4. The van der Waals surface area contributed by atoms with Crippen LogP contribution in [-0.4, -0.2) is 15.7 Å². The van der Waals surface area contributed by atoms with E-state index in [9.17, 15) is 4.79 Å². The topological polar surface area (TPSA) is 72.9 Å². The summed E-state index contributed by atoms with van der Waals surface area (Å²) in [6.45, 7) is 3.58. The number of amides is 1. The Morgan fingerprint density at radius 1 is 1.38 bits per heavy atom. The van der Waals surface area contributed by atoms with Gasteiger partial charge in [0.15, 0.2) is 0 Å². The van der Waals surface area contributed by atoms with Crippen molar-refractivity contribution >= 4 is 39.9 Å². The van der Waals surface area contributed by atoms with Crippen molar-refractivity contribution in [3.8, 4) is 0 Å². The lowest BCUT2D eigenvalue weighted by molar-refractivity contribution is -0.120. The molecule has 0 aliphatic heterocycles. The van der Waals surface area contributed by atoms with Crippen molar-refractivity contribution in [3.05, 3.63) is 46.2 Å². The number of aromatic nitrogens is 2. The molecule has 0 saturated heterocycles. The summed E-state index contributed by atoms with van der Waals surface area (Å²) in [7, 11) is 1.82. The molecule has 1 unspecified atom stereocenters. The molecule has 0 fully saturated rings. The minimum atomic E-state index is -1.11. The average Bonchev–Trinajstić information content (AvgIpc) is 2.71. The smallest absolute Gasteiger partial charge is 0.248 e. The largest absolute Gasteiger partial charge is 0.321 e. The van der Waals surface area contributed by atoms with Crippen LogP contribution < -0.4 is 11.1 Å². The summed E-state index contributed by atoms with van der Waals surface area (Å²) < 4.78 is 2.64. The van der Waals surface area contributed by atoms with Gasteiger partial charge in [0.05, 0.1) is 17.6 Å². The minimum absolute atomic E-state index is 0. The number of halogens is 2. The Morgan fingerprint density at radius 2 is 1.95 bits per heavy atom. The van der Waals surface area contributed by atoms with E-state index < -0.39 is 5.54 Å². The molecule has 3 N–H and O–H groups in total. The maximum absolute atomic E-state index is 12.4. The van der Waals surface area contributed by atoms with Crippen LogP contribution in [0, 0.1) is 6.92 Å². The quantitative estimate of drug-likeness (QED) is 0.869. The number of anilines is 1. The van der Waals surface area contributed by atoms with E-state index in [1.807, 2.05) is 38.2 Å². The van der Waals surface area contributed by atoms with E-state index in [0.717, 1.165) is 15.7 Å². The molecule has 1 heterocycles. The fourth-order valence-electron chi connectivity index (χ4n) is 1.80. The lowest BCUT2D eigenvalue weighted by Gasteiger charge is -2.24. The van der Waals surface area contributed by atoms with Crippen molar-refractivity contribution < 1.29 is 4.79 Å². The lowest BCUT2D eigenvalue weighted by Crippen LogP contribution is -2.45. The Bertz CT molecular complexity index is 637. The van der Waals surface area contributed by atoms with E-state index in [1.54, 1.807) is 17.8 Å². The van der Waals surface area contributed by atoms with Gasteiger partial charge in [0, 0.05) is 11.5 Å². The monoisotopic (exact) mass is 372 g/mol. The molecule has 21 heavy (non-hydrogen) atoms. The molecular formula is C14H18BrClN4O. The number of nitrogens with zero attached hydrogens (tertiary/aromatic N) is 2. The number of nitrogens with two attached hydrogens (primary N) is 1. The molecule has 114 valence electrons. The first kappa shape index (κ1) is 17.7. The third-order valence-corrected chi connectivity index (χ3v) is 3.93. The standard InChI is InChI=1S/C14H17BrN4O.ClH/c1-9-12(8-17-19(9)3)18-13(20)14(2,16)10-4-6-11(15)7-5-10;/h4-8H,16H2,1-3H3,(H,18,20);1H. The number of nitrogens with one attached hydrogen (secondary N) is 1. The van der Waals surface area contributed by atoms with Crippen molar-refractivity contribution in [2.24, 2.45) is 12.8 Å². The van der Waals surface area contributed by atoms with Crippen molar-refractivity contribution in [2.75, 3.05) is 5.32 Å². The van der Waals surface area contributed by atoms with Crippen LogP contribution in [0.15, 0.2) is 34.9 Å². The summed E-state index contributed by atoms with van der Waals surface area (Å²) in [4.78, 5) is 12.4. The van der Waals surface area contributed by atoms with Crippen LogP contribution in [0.25, 0.3) is 0 Å². The molecule has 1 aromatic heterocycles. The van der Waals surface area contributed by atoms with Gasteiger partial charge in [0.25, 0.3) is 0 Å². The Balaban J connectivity index is 0.00000220. The summed E-state index contributed by atoms with van der Waals surface area (Å²) in [5, 5.41) is 6.92. The summed E-state index contributed by atoms with van der Waals surface area (Å²) >= 11 is 3.36. The van der Waals surface area contributed by atoms with Crippen molar-refractivity contribution in [2.45, 2.75) is 19.4 Å². The van der Waals surface area contributed by atoms with E-state index in [0.29, 0.717) is 5.69 Å². The fraction of sp³-hybridized carbons (Fsp3) is 0.286. The zero-order valence-electron chi connectivity index (χ0n) is 12.1. The highest BCUT2D eigenvalue weighted by Crippen LogP contribution is 2.23. The Kier molecular flexibility index (Phi) is 5.55. The van der Waals surface area contributed by atoms with Crippen molar-refractivity contribution in [1.29, 1.82) is 0 Å². The second-order valence-electron chi connectivity index (χ2n) is 4.93. The van der Waals surface area contributed by atoms with Crippen LogP contribution in [0.3, 0.4) is 0 Å². The van der Waals surface area contributed by atoms with E-state index in [2.05, 4.69) is 26.3 Å². The SMILES string of the molecule is Cc1c(NC(=O)C(C)(N)c2ccc(Br)cc2)cnn1C.Cl. The Labute approximate surface area is 138 Å². The molecule has 0 spiro atoms. The molecule has 0 aliphatic carbocycles. The first-order valence-corrected chi connectivity index (χ1v) is 6.96. The van der Waals surface area contributed by atoms with Crippen LogP contribution in [0.5, 0.6) is 0 Å². The van der Waals surface area contributed by atoms with Gasteiger partial charge in [-0.2, -0.15) is 5.10 Å². The average molecular weight is 374 g/mol. The van der Waals surface area contributed by atoms with Gasteiger partial charge < -0.3 is 11.1 Å². The normalized spacial score (nSPS) is 13.2. The molecule has 0 aliphatic rings. The number of carbonyl (C=O) groups excluding carboxylic acids is 1. The molecule has 0 bridgehead atoms. The van der Waals surface area contributed by atoms with Crippen LogP contribution in [0.2, 0.25) is 0 Å². The molecule has 7 heteroatoms. The van der Waals surface area contributed by atoms with E-state index in [4.69, 9.17) is 5.73 Å². The highest BCUT2D eigenvalue weighted by atomic mass is 79.9. The van der Waals surface area contributed by atoms with Crippen LogP contribution >= 0.6 is 28.3 Å². The third kappa shape index (κ3) is 3.64. The predicted octanol–water partition coefficient (Wildman–Crippen LogP) is 2.73. The molecule has 1 aromatic carbocycles. The maximum Gasteiger partial charge on any atom is 0.248 e. The second-order valence-corrected chi connectivity index (χ2v) is 5.85.